The lowest BCUT2D eigenvalue weighted by Gasteiger charge is -2.38. The third-order valence-corrected chi connectivity index (χ3v) is 22.5. The van der Waals surface area contributed by atoms with Crippen LogP contribution in [0.5, 0.6) is 92.0 Å². The smallest absolute Gasteiger partial charge is 0.455 e. The minimum atomic E-state index is -1.60. The molecule has 0 radical (unpaired) electrons. The van der Waals surface area contributed by atoms with Crippen molar-refractivity contribution in [3.8, 4) is 125 Å². The number of ether oxygens (including phenoxy) is 8. The fourth-order valence-electron chi connectivity index (χ4n) is 17.0. The fourth-order valence-corrected chi connectivity index (χ4v) is 17.5. The largest absolute Gasteiger partial charge is 0.488 e. The molecule has 0 saturated carbocycles. The van der Waals surface area contributed by atoms with E-state index in [0.29, 0.717) is 28.5 Å². The topological polar surface area (TPSA) is 154 Å². The number of halogens is 1. The second-order valence-electron chi connectivity index (χ2n) is 28.5. The summed E-state index contributed by atoms with van der Waals surface area (Å²) >= 11 is 3.63. The van der Waals surface area contributed by atoms with Crippen LogP contribution in [0.25, 0.3) is 77.3 Å². The minimum Gasteiger partial charge on any atom is -0.455 e. The van der Waals surface area contributed by atoms with Crippen LogP contribution < -0.4 is 63.0 Å². The monoisotopic (exact) mass is 1540 g/mol. The van der Waals surface area contributed by atoms with Crippen molar-refractivity contribution in [2.45, 2.75) is 0 Å². The summed E-state index contributed by atoms with van der Waals surface area (Å²) in [6.07, 6.45) is 0. The Labute approximate surface area is 658 Å². The van der Waals surface area contributed by atoms with E-state index >= 15 is 0 Å². The van der Waals surface area contributed by atoms with Crippen molar-refractivity contribution < 1.29 is 56.8 Å². The highest BCUT2D eigenvalue weighted by atomic mass is 79.9. The summed E-state index contributed by atoms with van der Waals surface area (Å²) in [6, 6.07) is 105. The zero-order chi connectivity index (χ0) is 75.1. The fraction of sp³-hybridized carbons (Fsp3) is 0. The van der Waals surface area contributed by atoms with E-state index in [9.17, 15) is 10.0 Å². The second-order valence-corrected chi connectivity index (χ2v) is 29.3. The van der Waals surface area contributed by atoms with Crippen LogP contribution in [0.1, 0.15) is 0 Å². The number of hydrogen-bond donors (Lipinski definition) is 2. The molecule has 114 heavy (non-hydrogen) atoms. The SMILES string of the molecule is Brc1cccc2c1oc1c(-c3cc4c5c(c3)Oc3ccccc3N5c3ccccc3O4)cccc12.OB(O)c1cc2c3c(c1)Oc1ccccc1N3c1ccccc1O2.c1ccc2c(c1)Oc1cc(-c3cccc4c3oc3c(-c5cc6c7c(c5)Oc5ccccc5N7c5ccccc5O6)cccc34)cc3c1N2c1ccccc1O3. The number of para-hydroxylation sites is 20. The molecule has 18 aromatic rings. The molecule has 0 amide bonds. The number of hydrogen-bond acceptors (Lipinski definition) is 16. The number of nitrogens with zero attached hydrogens (tertiary/aromatic N) is 4. The van der Waals surface area contributed by atoms with Gasteiger partial charge in [-0.25, -0.2) is 0 Å². The number of rotatable bonds is 4. The maximum Gasteiger partial charge on any atom is 0.488 e. The van der Waals surface area contributed by atoms with Crippen molar-refractivity contribution in [1.82, 2.24) is 0 Å². The molecule has 26 rings (SSSR count). The Morgan fingerprint density at radius 2 is 0.430 bits per heavy atom. The molecule has 16 nitrogen and oxygen atoms in total. The highest BCUT2D eigenvalue weighted by Crippen LogP contribution is 2.66. The Kier molecular flexibility index (Phi) is 13.8. The summed E-state index contributed by atoms with van der Waals surface area (Å²) in [5.74, 6) is 11.6. The Bertz CT molecular complexity index is 6730. The molecular formula is C96H54BBrN4O12. The lowest BCUT2D eigenvalue weighted by atomic mass is 9.79. The number of anilines is 12. The first-order valence-electron chi connectivity index (χ1n) is 37.2. The van der Waals surface area contributed by atoms with Crippen molar-refractivity contribution in [1.29, 1.82) is 0 Å². The van der Waals surface area contributed by atoms with Gasteiger partial charge in [-0.15, -0.1) is 0 Å². The van der Waals surface area contributed by atoms with E-state index < -0.39 is 7.12 Å². The van der Waals surface area contributed by atoms with E-state index in [2.05, 4.69) is 169 Å². The van der Waals surface area contributed by atoms with Gasteiger partial charge in [-0.1, -0.05) is 164 Å². The highest BCUT2D eigenvalue weighted by Gasteiger charge is 2.41. The van der Waals surface area contributed by atoms with Crippen LogP contribution in [-0.2, 0) is 0 Å². The first kappa shape index (κ1) is 64.0. The van der Waals surface area contributed by atoms with Crippen LogP contribution in [0.3, 0.4) is 0 Å². The average molecular weight is 1550 g/mol. The van der Waals surface area contributed by atoms with E-state index in [1.807, 2.05) is 170 Å². The molecule has 0 fully saturated rings. The molecule has 0 atom stereocenters. The normalized spacial score (nSPS) is 13.4. The van der Waals surface area contributed by atoms with Gasteiger partial charge in [-0.3, -0.25) is 19.6 Å². The molecular weight excluding hydrogens is 1490 g/mol. The van der Waals surface area contributed by atoms with E-state index in [1.165, 1.54) is 0 Å². The molecule has 2 N–H and O–H groups in total. The molecule has 540 valence electrons. The zero-order valence-electron chi connectivity index (χ0n) is 59.7. The van der Waals surface area contributed by atoms with Crippen LogP contribution in [-0.4, -0.2) is 17.2 Å². The Morgan fingerprint density at radius 1 is 0.219 bits per heavy atom. The second kappa shape index (κ2) is 24.6. The zero-order valence-corrected chi connectivity index (χ0v) is 61.3. The number of benzene rings is 16. The van der Waals surface area contributed by atoms with Crippen molar-refractivity contribution in [2.75, 3.05) is 19.6 Å². The molecule has 18 heteroatoms. The third-order valence-electron chi connectivity index (χ3n) is 21.9. The molecule has 16 aromatic carbocycles. The van der Waals surface area contributed by atoms with Crippen molar-refractivity contribution in [3.05, 3.63) is 320 Å². The molecule has 8 aliphatic heterocycles. The summed E-state index contributed by atoms with van der Waals surface area (Å²) in [7, 11) is -1.60. The Hall–Kier alpha value is -14.8. The predicted molar refractivity (Wildman–Crippen MR) is 447 cm³/mol. The first-order chi connectivity index (χ1) is 56.2. The van der Waals surface area contributed by atoms with Gasteiger partial charge in [0.2, 0.25) is 0 Å². The van der Waals surface area contributed by atoms with Gasteiger partial charge in [0.25, 0.3) is 0 Å². The Morgan fingerprint density at radius 3 is 0.675 bits per heavy atom. The lowest BCUT2D eigenvalue weighted by Crippen LogP contribution is -2.31. The van der Waals surface area contributed by atoms with Gasteiger partial charge < -0.3 is 56.8 Å². The summed E-state index contributed by atoms with van der Waals surface area (Å²) in [4.78, 5) is 8.77. The first-order valence-corrected chi connectivity index (χ1v) is 38.0. The van der Waals surface area contributed by atoms with E-state index in [4.69, 9.17) is 46.7 Å². The molecule has 10 heterocycles. The van der Waals surface area contributed by atoms with Gasteiger partial charge in [0.1, 0.15) is 45.1 Å². The summed E-state index contributed by atoms with van der Waals surface area (Å²) in [5.41, 5.74) is 20.4. The molecule has 0 bridgehead atoms. The predicted octanol–water partition coefficient (Wildman–Crippen LogP) is 27.0. The van der Waals surface area contributed by atoms with Crippen molar-refractivity contribution in [2.24, 2.45) is 0 Å². The van der Waals surface area contributed by atoms with E-state index in [1.54, 1.807) is 12.1 Å². The molecule has 0 saturated heterocycles. The molecule has 0 spiro atoms. The van der Waals surface area contributed by atoms with Crippen LogP contribution in [0.2, 0.25) is 0 Å². The lowest BCUT2D eigenvalue weighted by molar-refractivity contribution is 0.422. The van der Waals surface area contributed by atoms with Gasteiger partial charge in [0.05, 0.1) is 50.0 Å². The third kappa shape index (κ3) is 9.65. The van der Waals surface area contributed by atoms with Crippen LogP contribution in [0.15, 0.2) is 329 Å². The van der Waals surface area contributed by atoms with Crippen LogP contribution >= 0.6 is 15.9 Å². The van der Waals surface area contributed by atoms with Gasteiger partial charge in [0.15, 0.2) is 92.0 Å². The van der Waals surface area contributed by atoms with Gasteiger partial charge in [-0.2, -0.15) is 0 Å². The summed E-state index contributed by atoms with van der Waals surface area (Å²) in [6.45, 7) is 0. The maximum absolute atomic E-state index is 9.55. The average Bonchev–Trinajstić information content (AvgIpc) is 0.938. The van der Waals surface area contributed by atoms with E-state index in [-0.39, 0.29) is 0 Å². The molecule has 0 aliphatic carbocycles. The molecule has 8 aliphatic rings. The van der Waals surface area contributed by atoms with Gasteiger partial charge >= 0.3 is 7.12 Å². The van der Waals surface area contributed by atoms with Crippen molar-refractivity contribution in [3.63, 3.8) is 0 Å². The van der Waals surface area contributed by atoms with Gasteiger partial charge in [0, 0.05) is 38.2 Å². The van der Waals surface area contributed by atoms with Crippen LogP contribution in [0.4, 0.5) is 68.2 Å². The summed E-state index contributed by atoms with van der Waals surface area (Å²) < 4.78 is 65.5. The quantitative estimate of drug-likeness (QED) is 0.161. The van der Waals surface area contributed by atoms with Gasteiger partial charge in [-0.05, 0) is 190 Å². The van der Waals surface area contributed by atoms with Crippen molar-refractivity contribution >= 4 is 141 Å². The highest BCUT2D eigenvalue weighted by molar-refractivity contribution is 9.10. The maximum atomic E-state index is 9.55. The molecule has 0 unspecified atom stereocenters. The molecule has 2 aromatic heterocycles. The number of fused-ring (bicyclic) bond motifs is 22. The number of furan rings is 2. The standard InChI is InChI=1S/C48H26N2O5.C30H16BrNO3.C18H12BNO4/c1-5-19-37-33(15-1)49-34-16-2-6-20-38(34)52-42-24-27(23-41(51-37)45(42)49)29-11-9-13-31-32-14-10-12-30(48(32)55-47(29)31)28-25-43-46-44(26-28)54-40-22-8-4-18-36(40)50(46)35-17-3-7-21-39(35)53-43;31-21-10-6-9-20-19-8-5-7-18(29(19)35-30(20)21)17-15-26-28-27(16-17)34-25-14-4-2-12-23(25)32(28)22-11-1-3-13-24(22)33-26;21-19(22)11-9-16-18-17(10-11)24-15-8-4-2-6-13(15)20(18)12-5-1-3-7-14(12)23-16/h1-26H;1-16H;1-10,21-22H. The van der Waals surface area contributed by atoms with Crippen LogP contribution in [0, 0.1) is 0 Å². The minimum absolute atomic E-state index is 0.322. The Balaban J connectivity index is 0.000000108. The van der Waals surface area contributed by atoms with E-state index in [0.717, 1.165) is 219 Å². The summed E-state index contributed by atoms with van der Waals surface area (Å²) in [5, 5.41) is 23.3.